The minimum Gasteiger partial charge on any atom is -0.509 e. The number of nitrogens with one attached hydrogen (secondary N) is 2. The molecule has 4 N–H and O–H groups in total. The van der Waals surface area contributed by atoms with Gasteiger partial charge in [0.15, 0.2) is 0 Å². The second-order valence-electron chi connectivity index (χ2n) is 11.4. The van der Waals surface area contributed by atoms with Crippen molar-refractivity contribution in [3.8, 4) is 0 Å². The van der Waals surface area contributed by atoms with Gasteiger partial charge in [0, 0.05) is 12.2 Å². The molecule has 1 aromatic carbocycles. The molecular formula is C23H35N4O6PS. The molecule has 194 valence electrons. The van der Waals surface area contributed by atoms with E-state index < -0.39 is 41.0 Å². The molecular weight excluding hydrogens is 491 g/mol. The van der Waals surface area contributed by atoms with Gasteiger partial charge in [0.05, 0.1) is 23.3 Å². The molecule has 2 aliphatic heterocycles. The Bertz CT molecular complexity index is 1260. The summed E-state index contributed by atoms with van der Waals surface area (Å²) in [7, 11) is -7.41. The first-order chi connectivity index (χ1) is 15.9. The van der Waals surface area contributed by atoms with Crippen molar-refractivity contribution in [3.63, 3.8) is 0 Å². The van der Waals surface area contributed by atoms with Gasteiger partial charge >= 0.3 is 0 Å². The van der Waals surface area contributed by atoms with Gasteiger partial charge in [-0.25, -0.2) is 13.2 Å². The first kappa shape index (κ1) is 27.2. The van der Waals surface area contributed by atoms with Crippen molar-refractivity contribution in [1.82, 2.24) is 4.90 Å². The molecule has 12 heteroatoms. The summed E-state index contributed by atoms with van der Waals surface area (Å²) in [6, 6.07) is 3.71. The fraction of sp³-hybridized carbons (Fsp3) is 0.565. The molecule has 0 spiro atoms. The second kappa shape index (κ2) is 8.94. The Hall–Kier alpha value is -2.36. The largest absolute Gasteiger partial charge is 0.509 e. The Morgan fingerprint density at radius 3 is 2.34 bits per heavy atom. The molecule has 0 aliphatic carbocycles. The number of rotatable bonds is 6. The normalized spacial score (nSPS) is 23.2. The summed E-state index contributed by atoms with van der Waals surface area (Å²) in [6.07, 6.45) is 0.872. The maximum atomic E-state index is 13.7. The summed E-state index contributed by atoms with van der Waals surface area (Å²) in [5.74, 6) is -0.666. The van der Waals surface area contributed by atoms with Crippen LogP contribution in [0.3, 0.4) is 0 Å². The predicted molar refractivity (Wildman–Crippen MR) is 139 cm³/mol. The van der Waals surface area contributed by atoms with Gasteiger partial charge in [0.25, 0.3) is 5.91 Å². The summed E-state index contributed by atoms with van der Waals surface area (Å²) in [5.41, 5.74) is -0.123. The Morgan fingerprint density at radius 2 is 1.83 bits per heavy atom. The van der Waals surface area contributed by atoms with Crippen molar-refractivity contribution in [2.45, 2.75) is 54.0 Å². The molecule has 2 heterocycles. The van der Waals surface area contributed by atoms with Gasteiger partial charge in [0.2, 0.25) is 17.3 Å². The molecule has 2 aliphatic rings. The highest BCUT2D eigenvalue weighted by Crippen LogP contribution is 2.51. The van der Waals surface area contributed by atoms with Crippen LogP contribution in [-0.2, 0) is 19.4 Å². The van der Waals surface area contributed by atoms with E-state index in [2.05, 4.69) is 35.6 Å². The number of amides is 1. The minimum atomic E-state index is -3.83. The lowest BCUT2D eigenvalue weighted by Gasteiger charge is -2.36. The lowest BCUT2D eigenvalue weighted by molar-refractivity contribution is -0.128. The highest BCUT2D eigenvalue weighted by Gasteiger charge is 2.48. The van der Waals surface area contributed by atoms with Crippen LogP contribution in [0.5, 0.6) is 0 Å². The van der Waals surface area contributed by atoms with Gasteiger partial charge in [-0.15, -0.1) is 0 Å². The molecule has 0 saturated carbocycles. The Kier molecular flexibility index (Phi) is 6.96. The van der Waals surface area contributed by atoms with Gasteiger partial charge in [-0.2, -0.15) is 0 Å². The smallest absolute Gasteiger partial charge is 0.261 e. The Labute approximate surface area is 207 Å². The number of hydrogen-bond donors (Lipinski definition) is 4. The monoisotopic (exact) mass is 526 g/mol. The number of nitrogens with zero attached hydrogens (tertiary/aromatic N) is 2. The van der Waals surface area contributed by atoms with E-state index in [1.54, 1.807) is 4.90 Å². The van der Waals surface area contributed by atoms with E-state index in [1.807, 2.05) is 20.8 Å². The van der Waals surface area contributed by atoms with Gasteiger partial charge in [-0.05, 0) is 35.4 Å². The molecule has 3 rings (SSSR count). The van der Waals surface area contributed by atoms with E-state index in [0.29, 0.717) is 18.7 Å². The highest BCUT2D eigenvalue weighted by molar-refractivity contribution is 7.92. The van der Waals surface area contributed by atoms with E-state index in [0.717, 1.165) is 6.26 Å². The lowest BCUT2D eigenvalue weighted by atomic mass is 9.84. The lowest BCUT2D eigenvalue weighted by Crippen LogP contribution is -2.45. The Balaban J connectivity index is 2.08. The number of hydrogen-bond acceptors (Lipinski definition) is 7. The van der Waals surface area contributed by atoms with Crippen LogP contribution in [0.1, 0.15) is 48.0 Å². The predicted octanol–water partition coefficient (Wildman–Crippen LogP) is 3.24. The van der Waals surface area contributed by atoms with Crippen LogP contribution in [-0.4, -0.2) is 60.5 Å². The minimum absolute atomic E-state index is 0.0368. The number of sulfonamides is 1. The molecule has 0 aromatic heterocycles. The topological polar surface area (TPSA) is 148 Å². The number of carbonyl (C=O) groups excluding carboxylic acids is 1. The Morgan fingerprint density at radius 1 is 1.20 bits per heavy atom. The average molecular weight is 527 g/mol. The number of aliphatic hydroxyl groups is 2. The van der Waals surface area contributed by atoms with Crippen molar-refractivity contribution in [1.29, 1.82) is 0 Å². The molecule has 0 radical (unpaired) electrons. The van der Waals surface area contributed by atoms with Crippen LogP contribution in [0, 0.1) is 10.8 Å². The molecule has 2 atom stereocenters. The molecule has 2 unspecified atom stereocenters. The summed E-state index contributed by atoms with van der Waals surface area (Å²) < 4.78 is 43.4. The fourth-order valence-electron chi connectivity index (χ4n) is 4.23. The third kappa shape index (κ3) is 5.73. The van der Waals surface area contributed by atoms with Gasteiger partial charge in [-0.3, -0.25) is 14.1 Å². The first-order valence-corrected chi connectivity index (χ1v) is 15.0. The number of fused-ring (bicyclic) bond motifs is 1. The van der Waals surface area contributed by atoms with Crippen LogP contribution in [0.4, 0.5) is 11.4 Å². The number of benzene rings is 1. The molecule has 1 amide bonds. The quantitative estimate of drug-likeness (QED) is 0.416. The van der Waals surface area contributed by atoms with Crippen molar-refractivity contribution in [2.24, 2.45) is 15.6 Å². The standard InChI is InChI=1S/C23H35N4O6PS/c1-22(2,3)10-11-27-19(23(4,5)6)18(29)17(21(27)30)20-24-15-9-8-14(26-35(7,32)33)12-16(15)34(31,13-28)25-20/h8-9,12,19,26,28-29H,10-11,13H2,1-7H3,(H,24,25,31). The number of amidine groups is 1. The third-order valence-electron chi connectivity index (χ3n) is 5.85. The molecule has 0 fully saturated rings. The number of carbonyl (C=O) groups is 1. The first-order valence-electron chi connectivity index (χ1n) is 11.3. The SMILES string of the molecule is CC(C)(C)CCN1C(=O)C(C2=NP(=O)(CO)c3cc(NS(C)(=O)=O)ccc3N2)=C(O)C1C(C)(C)C. The van der Waals surface area contributed by atoms with Crippen LogP contribution in [0.25, 0.3) is 0 Å². The molecule has 0 bridgehead atoms. The van der Waals surface area contributed by atoms with Crippen LogP contribution in [0.2, 0.25) is 0 Å². The molecule has 0 saturated heterocycles. The zero-order valence-corrected chi connectivity index (χ0v) is 22.9. The van der Waals surface area contributed by atoms with Crippen LogP contribution in [0.15, 0.2) is 34.3 Å². The summed E-state index contributed by atoms with van der Waals surface area (Å²) in [6.45, 7) is 12.4. The van der Waals surface area contributed by atoms with Gasteiger partial charge in [-0.1, -0.05) is 41.5 Å². The van der Waals surface area contributed by atoms with E-state index in [1.165, 1.54) is 18.2 Å². The maximum Gasteiger partial charge on any atom is 0.261 e. The van der Waals surface area contributed by atoms with Crippen LogP contribution >= 0.6 is 7.29 Å². The second-order valence-corrected chi connectivity index (χ2v) is 15.5. The van der Waals surface area contributed by atoms with Crippen molar-refractivity contribution >= 4 is 45.7 Å². The van der Waals surface area contributed by atoms with E-state index in [4.69, 9.17) is 0 Å². The maximum absolute atomic E-state index is 13.7. The zero-order valence-electron chi connectivity index (χ0n) is 21.2. The fourth-order valence-corrected chi connectivity index (χ4v) is 6.43. The van der Waals surface area contributed by atoms with Crippen molar-refractivity contribution < 1.29 is 28.0 Å². The van der Waals surface area contributed by atoms with E-state index in [-0.39, 0.29) is 33.6 Å². The van der Waals surface area contributed by atoms with Crippen molar-refractivity contribution in [3.05, 3.63) is 29.5 Å². The van der Waals surface area contributed by atoms with Gasteiger partial charge < -0.3 is 20.4 Å². The van der Waals surface area contributed by atoms with Crippen LogP contribution < -0.4 is 15.3 Å². The molecule has 1 aromatic rings. The van der Waals surface area contributed by atoms with E-state index >= 15 is 0 Å². The number of anilines is 2. The summed E-state index contributed by atoms with van der Waals surface area (Å²) >= 11 is 0. The summed E-state index contributed by atoms with van der Waals surface area (Å²) in [5, 5.41) is 24.3. The van der Waals surface area contributed by atoms with Gasteiger partial charge in [0.1, 0.15) is 23.5 Å². The molecule has 35 heavy (non-hydrogen) atoms. The summed E-state index contributed by atoms with van der Waals surface area (Å²) in [4.78, 5) is 15.2. The number of aliphatic hydroxyl groups excluding tert-OH is 2. The highest BCUT2D eigenvalue weighted by atomic mass is 32.2. The average Bonchev–Trinajstić information content (AvgIpc) is 2.94. The zero-order chi connectivity index (χ0) is 26.6. The van der Waals surface area contributed by atoms with Crippen molar-refractivity contribution in [2.75, 3.05) is 29.2 Å². The third-order valence-corrected chi connectivity index (χ3v) is 8.48. The van der Waals surface area contributed by atoms with E-state index in [9.17, 15) is 28.0 Å². The molecule has 10 nitrogen and oxygen atoms in total.